The predicted octanol–water partition coefficient (Wildman–Crippen LogP) is 1.18. The van der Waals surface area contributed by atoms with Gasteiger partial charge in [-0.3, -0.25) is 9.59 Å². The standard InChI is InChI=1S/C18H23N3O2/c22-17-8-7-13-4-1-2-6-16(13)21(17)12-18(23)20-10-14-5-3-9-19-15(14)11-20/h1-2,4,6,14-15,19H,3,5,7-12H2/t14-,15+/m1/s1. The molecule has 3 heterocycles. The van der Waals surface area contributed by atoms with E-state index in [9.17, 15) is 9.59 Å². The van der Waals surface area contributed by atoms with Gasteiger partial charge >= 0.3 is 0 Å². The van der Waals surface area contributed by atoms with Crippen molar-refractivity contribution in [1.82, 2.24) is 10.2 Å². The van der Waals surface area contributed by atoms with Crippen LogP contribution in [0.2, 0.25) is 0 Å². The summed E-state index contributed by atoms with van der Waals surface area (Å²) in [5, 5.41) is 3.52. The van der Waals surface area contributed by atoms with Crippen LogP contribution in [0.3, 0.4) is 0 Å². The van der Waals surface area contributed by atoms with E-state index in [4.69, 9.17) is 0 Å². The van der Waals surface area contributed by atoms with Crippen LogP contribution in [0.25, 0.3) is 0 Å². The number of rotatable bonds is 2. The number of likely N-dealkylation sites (tertiary alicyclic amines) is 1. The lowest BCUT2D eigenvalue weighted by Gasteiger charge is -2.30. The minimum atomic E-state index is 0.0618. The summed E-state index contributed by atoms with van der Waals surface area (Å²) in [5.74, 6) is 0.718. The van der Waals surface area contributed by atoms with Crippen LogP contribution < -0.4 is 10.2 Å². The number of para-hydroxylation sites is 1. The first-order valence-electron chi connectivity index (χ1n) is 8.62. The Bertz CT molecular complexity index is 616. The van der Waals surface area contributed by atoms with Crippen LogP contribution in [0.4, 0.5) is 5.69 Å². The van der Waals surface area contributed by atoms with E-state index in [1.165, 1.54) is 12.8 Å². The molecule has 5 heteroatoms. The number of anilines is 1. The summed E-state index contributed by atoms with van der Waals surface area (Å²) in [4.78, 5) is 28.6. The number of carbonyl (C=O) groups excluding carboxylic acids is 2. The summed E-state index contributed by atoms with van der Waals surface area (Å²) in [6.07, 6.45) is 3.67. The highest BCUT2D eigenvalue weighted by Gasteiger charge is 2.37. The monoisotopic (exact) mass is 313 g/mol. The third-order valence-electron chi connectivity index (χ3n) is 5.44. The maximum atomic E-state index is 12.7. The molecule has 23 heavy (non-hydrogen) atoms. The number of amides is 2. The van der Waals surface area contributed by atoms with Gasteiger partial charge in [0.05, 0.1) is 0 Å². The molecule has 3 aliphatic rings. The summed E-state index contributed by atoms with van der Waals surface area (Å²) in [5.41, 5.74) is 2.07. The largest absolute Gasteiger partial charge is 0.339 e. The Kier molecular flexibility index (Phi) is 3.81. The minimum absolute atomic E-state index is 0.0618. The molecular weight excluding hydrogens is 290 g/mol. The van der Waals surface area contributed by atoms with Crippen molar-refractivity contribution in [1.29, 1.82) is 0 Å². The zero-order valence-electron chi connectivity index (χ0n) is 13.3. The molecule has 1 aromatic carbocycles. The first-order chi connectivity index (χ1) is 11.2. The molecule has 4 rings (SSSR count). The molecule has 0 aromatic heterocycles. The second-order valence-electron chi connectivity index (χ2n) is 6.87. The lowest BCUT2D eigenvalue weighted by Crippen LogP contribution is -2.45. The van der Waals surface area contributed by atoms with Crippen LogP contribution in [0.5, 0.6) is 0 Å². The van der Waals surface area contributed by atoms with E-state index in [1.807, 2.05) is 29.2 Å². The molecular formula is C18H23N3O2. The maximum absolute atomic E-state index is 12.7. The van der Waals surface area contributed by atoms with Crippen LogP contribution in [0.1, 0.15) is 24.8 Å². The summed E-state index contributed by atoms with van der Waals surface area (Å²) in [6, 6.07) is 8.37. The fourth-order valence-corrected chi connectivity index (χ4v) is 4.16. The molecule has 2 atom stereocenters. The Morgan fingerprint density at radius 3 is 2.96 bits per heavy atom. The first-order valence-corrected chi connectivity index (χ1v) is 8.62. The second-order valence-corrected chi connectivity index (χ2v) is 6.87. The topological polar surface area (TPSA) is 52.7 Å². The van der Waals surface area contributed by atoms with Crippen molar-refractivity contribution in [2.75, 3.05) is 31.1 Å². The van der Waals surface area contributed by atoms with Crippen molar-refractivity contribution < 1.29 is 9.59 Å². The summed E-state index contributed by atoms with van der Waals surface area (Å²) < 4.78 is 0. The van der Waals surface area contributed by atoms with Crippen molar-refractivity contribution >= 4 is 17.5 Å². The quantitative estimate of drug-likeness (QED) is 0.892. The fraction of sp³-hybridized carbons (Fsp3) is 0.556. The number of benzene rings is 1. The number of nitrogens with one attached hydrogen (secondary N) is 1. The van der Waals surface area contributed by atoms with E-state index >= 15 is 0 Å². The van der Waals surface area contributed by atoms with E-state index in [0.29, 0.717) is 18.4 Å². The van der Waals surface area contributed by atoms with Crippen molar-refractivity contribution in [3.63, 3.8) is 0 Å². The van der Waals surface area contributed by atoms with Gasteiger partial charge in [0.15, 0.2) is 0 Å². The van der Waals surface area contributed by atoms with E-state index in [1.54, 1.807) is 4.90 Å². The molecule has 0 saturated carbocycles. The molecule has 0 spiro atoms. The predicted molar refractivity (Wildman–Crippen MR) is 88.2 cm³/mol. The Morgan fingerprint density at radius 1 is 1.22 bits per heavy atom. The normalized spacial score (nSPS) is 26.9. The molecule has 0 radical (unpaired) electrons. The smallest absolute Gasteiger partial charge is 0.242 e. The van der Waals surface area contributed by atoms with Crippen molar-refractivity contribution in [3.8, 4) is 0 Å². The molecule has 2 saturated heterocycles. The third kappa shape index (κ3) is 2.74. The number of hydrogen-bond donors (Lipinski definition) is 1. The van der Waals surface area contributed by atoms with Crippen molar-refractivity contribution in [2.45, 2.75) is 31.7 Å². The lowest BCUT2D eigenvalue weighted by molar-refractivity contribution is -0.130. The third-order valence-corrected chi connectivity index (χ3v) is 5.44. The maximum Gasteiger partial charge on any atom is 0.242 e. The Labute approximate surface area is 136 Å². The van der Waals surface area contributed by atoms with Crippen molar-refractivity contribution in [3.05, 3.63) is 29.8 Å². The van der Waals surface area contributed by atoms with Gasteiger partial charge < -0.3 is 15.1 Å². The molecule has 5 nitrogen and oxygen atoms in total. The Hall–Kier alpha value is -1.88. The highest BCUT2D eigenvalue weighted by molar-refractivity contribution is 6.01. The van der Waals surface area contributed by atoms with E-state index < -0.39 is 0 Å². The van der Waals surface area contributed by atoms with E-state index in [2.05, 4.69) is 5.32 Å². The lowest BCUT2D eigenvalue weighted by atomic mass is 9.94. The number of piperidine rings is 1. The molecule has 1 aromatic rings. The SMILES string of the molecule is O=C(CN1C(=O)CCc2ccccc21)N1C[C@H]2CCCN[C@H]2C1. The van der Waals surface area contributed by atoms with Gasteiger partial charge in [-0.1, -0.05) is 18.2 Å². The summed E-state index contributed by atoms with van der Waals surface area (Å²) in [6.45, 7) is 2.85. The Balaban J connectivity index is 1.47. The van der Waals surface area contributed by atoms with Gasteiger partial charge in [-0.2, -0.15) is 0 Å². The number of carbonyl (C=O) groups is 2. The molecule has 3 aliphatic heterocycles. The minimum Gasteiger partial charge on any atom is -0.339 e. The molecule has 0 unspecified atom stereocenters. The number of aryl methyl sites for hydroxylation is 1. The van der Waals surface area contributed by atoms with Gasteiger partial charge in [0.1, 0.15) is 6.54 Å². The van der Waals surface area contributed by atoms with E-state index in [0.717, 1.165) is 37.3 Å². The van der Waals surface area contributed by atoms with Crippen LogP contribution in [0, 0.1) is 5.92 Å². The van der Waals surface area contributed by atoms with Crippen LogP contribution >= 0.6 is 0 Å². The van der Waals surface area contributed by atoms with Gasteiger partial charge in [-0.05, 0) is 43.4 Å². The van der Waals surface area contributed by atoms with Gasteiger partial charge in [0, 0.05) is 31.2 Å². The summed E-state index contributed by atoms with van der Waals surface area (Å²) in [7, 11) is 0. The van der Waals surface area contributed by atoms with E-state index in [-0.39, 0.29) is 18.4 Å². The number of nitrogens with zero attached hydrogens (tertiary/aromatic N) is 2. The zero-order valence-corrected chi connectivity index (χ0v) is 13.3. The van der Waals surface area contributed by atoms with Crippen LogP contribution in [-0.4, -0.2) is 48.9 Å². The Morgan fingerprint density at radius 2 is 2.09 bits per heavy atom. The molecule has 0 bridgehead atoms. The number of fused-ring (bicyclic) bond motifs is 2. The van der Waals surface area contributed by atoms with Crippen LogP contribution in [0.15, 0.2) is 24.3 Å². The molecule has 0 aliphatic carbocycles. The highest BCUT2D eigenvalue weighted by atomic mass is 16.2. The van der Waals surface area contributed by atoms with Gasteiger partial charge in [-0.25, -0.2) is 0 Å². The molecule has 122 valence electrons. The van der Waals surface area contributed by atoms with Gasteiger partial charge in [0.2, 0.25) is 11.8 Å². The highest BCUT2D eigenvalue weighted by Crippen LogP contribution is 2.29. The van der Waals surface area contributed by atoms with Gasteiger partial charge in [0.25, 0.3) is 0 Å². The zero-order chi connectivity index (χ0) is 15.8. The first kappa shape index (κ1) is 14.7. The van der Waals surface area contributed by atoms with Crippen molar-refractivity contribution in [2.24, 2.45) is 5.92 Å². The van der Waals surface area contributed by atoms with Crippen LogP contribution in [-0.2, 0) is 16.0 Å². The fourth-order valence-electron chi connectivity index (χ4n) is 4.16. The molecule has 2 amide bonds. The second kappa shape index (κ2) is 5.96. The average molecular weight is 313 g/mol. The summed E-state index contributed by atoms with van der Waals surface area (Å²) >= 11 is 0. The molecule has 2 fully saturated rings. The molecule has 1 N–H and O–H groups in total. The number of hydrogen-bond acceptors (Lipinski definition) is 3. The van der Waals surface area contributed by atoms with Gasteiger partial charge in [-0.15, -0.1) is 0 Å². The average Bonchev–Trinajstić information content (AvgIpc) is 3.01.